The van der Waals surface area contributed by atoms with Crippen LogP contribution in [0.25, 0.3) is 0 Å². The van der Waals surface area contributed by atoms with Crippen molar-refractivity contribution in [1.82, 2.24) is 0 Å². The molecule has 0 unspecified atom stereocenters. The molecule has 0 N–H and O–H groups in total. The monoisotopic (exact) mass is 232 g/mol. The minimum atomic E-state index is -0.330. The first-order valence-corrected chi connectivity index (χ1v) is 4.53. The Balaban J connectivity index is 2.60. The maximum Gasteiger partial charge on any atom is 0.303 e. The molecule has 0 saturated heterocycles. The number of hydrogen-bond acceptors (Lipinski definition) is 3. The van der Waals surface area contributed by atoms with E-state index in [1.807, 2.05) is 0 Å². The van der Waals surface area contributed by atoms with Crippen molar-refractivity contribution in [3.8, 4) is 0 Å². The second-order valence-electron chi connectivity index (χ2n) is 2.62. The molecule has 0 aromatic carbocycles. The van der Waals surface area contributed by atoms with Crippen molar-refractivity contribution >= 4 is 27.7 Å². The van der Waals surface area contributed by atoms with Gasteiger partial charge in [-0.3, -0.25) is 9.59 Å². The van der Waals surface area contributed by atoms with Crippen LogP contribution in [0, 0.1) is 0 Å². The van der Waals surface area contributed by atoms with E-state index in [0.29, 0.717) is 6.42 Å². The number of ketones is 1. The Morgan fingerprint density at radius 1 is 1.75 bits per heavy atom. The number of ether oxygens (including phenoxy) is 1. The summed E-state index contributed by atoms with van der Waals surface area (Å²) in [5.41, 5.74) is 0. The number of carbonyl (C=O) groups is 2. The Morgan fingerprint density at radius 3 is 2.92 bits per heavy atom. The highest BCUT2D eigenvalue weighted by Crippen LogP contribution is 2.19. The molecule has 4 heteroatoms. The maximum atomic E-state index is 10.8. The van der Waals surface area contributed by atoms with E-state index in [2.05, 4.69) is 15.9 Å². The highest BCUT2D eigenvalue weighted by Gasteiger charge is 2.24. The van der Waals surface area contributed by atoms with Gasteiger partial charge in [-0.25, -0.2) is 0 Å². The Bertz CT molecular complexity index is 234. The second kappa shape index (κ2) is 3.85. The van der Waals surface area contributed by atoms with Crippen LogP contribution in [0.5, 0.6) is 0 Å². The molecular weight excluding hydrogens is 224 g/mol. The van der Waals surface area contributed by atoms with Crippen LogP contribution in [-0.4, -0.2) is 22.7 Å². The van der Waals surface area contributed by atoms with Gasteiger partial charge >= 0.3 is 5.97 Å². The molecule has 2 atom stereocenters. The van der Waals surface area contributed by atoms with Crippen molar-refractivity contribution in [1.29, 1.82) is 0 Å². The third-order valence-corrected chi connectivity index (χ3v) is 2.37. The molecule has 3 nitrogen and oxygen atoms in total. The quantitative estimate of drug-likeness (QED) is 0.505. The summed E-state index contributed by atoms with van der Waals surface area (Å²) < 4.78 is 4.93. The smallest absolute Gasteiger partial charge is 0.303 e. The maximum absolute atomic E-state index is 10.8. The molecule has 0 aliphatic heterocycles. The normalized spacial score (nSPS) is 28.7. The molecule has 12 heavy (non-hydrogen) atoms. The number of carbonyl (C=O) groups excluding carboxylic acids is 2. The lowest BCUT2D eigenvalue weighted by atomic mass is 10.0. The fourth-order valence-electron chi connectivity index (χ4n) is 1.00. The number of allylic oxidation sites excluding steroid dienone is 1. The predicted octanol–water partition coefficient (Wildman–Crippen LogP) is 1.21. The van der Waals surface area contributed by atoms with E-state index in [1.165, 1.54) is 13.0 Å². The first-order chi connectivity index (χ1) is 5.59. The lowest BCUT2D eigenvalue weighted by molar-refractivity contribution is -0.144. The first kappa shape index (κ1) is 9.45. The molecule has 0 aromatic rings. The Morgan fingerprint density at radius 2 is 2.42 bits per heavy atom. The fraction of sp³-hybridized carbons (Fsp3) is 0.500. The number of alkyl halides is 1. The van der Waals surface area contributed by atoms with Gasteiger partial charge in [0, 0.05) is 13.3 Å². The van der Waals surface area contributed by atoms with Crippen LogP contribution in [0.3, 0.4) is 0 Å². The average molecular weight is 233 g/mol. The van der Waals surface area contributed by atoms with Crippen LogP contribution in [-0.2, 0) is 14.3 Å². The van der Waals surface area contributed by atoms with Crippen LogP contribution in [0.2, 0.25) is 0 Å². The van der Waals surface area contributed by atoms with Crippen molar-refractivity contribution in [2.45, 2.75) is 24.3 Å². The van der Waals surface area contributed by atoms with E-state index >= 15 is 0 Å². The highest BCUT2D eigenvalue weighted by molar-refractivity contribution is 9.09. The molecule has 0 spiro atoms. The second-order valence-corrected chi connectivity index (χ2v) is 3.80. The minimum Gasteiger partial charge on any atom is -0.457 e. The standard InChI is InChI=1S/C8H9BrO3/c1-5(10)12-8-3-2-6(11)4-7(8)9/h2-3,7-8H,4H2,1H3/t7-,8+/m0/s1. The van der Waals surface area contributed by atoms with Crippen LogP contribution in [0.1, 0.15) is 13.3 Å². The van der Waals surface area contributed by atoms with E-state index in [-0.39, 0.29) is 22.7 Å². The molecule has 1 aliphatic rings. The molecule has 0 aromatic heterocycles. The van der Waals surface area contributed by atoms with Crippen LogP contribution in [0.15, 0.2) is 12.2 Å². The topological polar surface area (TPSA) is 43.4 Å². The number of hydrogen-bond donors (Lipinski definition) is 0. The third-order valence-electron chi connectivity index (χ3n) is 1.53. The Hall–Kier alpha value is -0.640. The van der Waals surface area contributed by atoms with Gasteiger partial charge in [0.05, 0.1) is 4.83 Å². The summed E-state index contributed by atoms with van der Waals surface area (Å²) in [4.78, 5) is 21.3. The number of halogens is 1. The zero-order chi connectivity index (χ0) is 9.14. The predicted molar refractivity (Wildman–Crippen MR) is 47.0 cm³/mol. The largest absolute Gasteiger partial charge is 0.457 e. The number of rotatable bonds is 1. The van der Waals surface area contributed by atoms with Gasteiger partial charge in [0.15, 0.2) is 5.78 Å². The Labute approximate surface area is 78.9 Å². The van der Waals surface area contributed by atoms with Crippen LogP contribution >= 0.6 is 15.9 Å². The summed E-state index contributed by atoms with van der Waals surface area (Å²) in [6, 6.07) is 0. The van der Waals surface area contributed by atoms with E-state index in [1.54, 1.807) is 6.08 Å². The summed E-state index contributed by atoms with van der Waals surface area (Å²) >= 11 is 3.27. The van der Waals surface area contributed by atoms with Gasteiger partial charge in [-0.2, -0.15) is 0 Å². The van der Waals surface area contributed by atoms with Crippen molar-refractivity contribution < 1.29 is 14.3 Å². The van der Waals surface area contributed by atoms with E-state index in [4.69, 9.17) is 4.74 Å². The zero-order valence-corrected chi connectivity index (χ0v) is 8.21. The van der Waals surface area contributed by atoms with Crippen molar-refractivity contribution in [2.24, 2.45) is 0 Å². The van der Waals surface area contributed by atoms with Gasteiger partial charge in [-0.1, -0.05) is 15.9 Å². The summed E-state index contributed by atoms with van der Waals surface area (Å²) in [6.07, 6.45) is 3.13. The molecule has 0 heterocycles. The zero-order valence-electron chi connectivity index (χ0n) is 6.62. The van der Waals surface area contributed by atoms with E-state index in [9.17, 15) is 9.59 Å². The molecule has 0 amide bonds. The summed E-state index contributed by atoms with van der Waals surface area (Å²) in [5.74, 6) is -0.274. The summed E-state index contributed by atoms with van der Waals surface area (Å²) in [6.45, 7) is 1.35. The molecule has 0 bridgehead atoms. The van der Waals surface area contributed by atoms with Crippen molar-refractivity contribution in [3.63, 3.8) is 0 Å². The average Bonchev–Trinajstić information content (AvgIpc) is 1.94. The van der Waals surface area contributed by atoms with Gasteiger partial charge in [0.2, 0.25) is 0 Å². The van der Waals surface area contributed by atoms with Gasteiger partial charge in [-0.05, 0) is 12.2 Å². The van der Waals surface area contributed by atoms with Gasteiger partial charge in [-0.15, -0.1) is 0 Å². The third kappa shape index (κ3) is 2.44. The van der Waals surface area contributed by atoms with Crippen molar-refractivity contribution in [3.05, 3.63) is 12.2 Å². The van der Waals surface area contributed by atoms with Gasteiger partial charge in [0.25, 0.3) is 0 Å². The van der Waals surface area contributed by atoms with E-state index < -0.39 is 0 Å². The molecular formula is C8H9BrO3. The first-order valence-electron chi connectivity index (χ1n) is 3.62. The molecule has 1 rings (SSSR count). The van der Waals surface area contributed by atoms with E-state index in [0.717, 1.165) is 0 Å². The highest BCUT2D eigenvalue weighted by atomic mass is 79.9. The number of esters is 1. The van der Waals surface area contributed by atoms with Crippen LogP contribution < -0.4 is 0 Å². The summed E-state index contributed by atoms with van der Waals surface area (Å²) in [5, 5.41) is 0. The SMILES string of the molecule is CC(=O)O[C@@H]1C=CC(=O)C[C@@H]1Br. The summed E-state index contributed by atoms with van der Waals surface area (Å²) in [7, 11) is 0. The van der Waals surface area contributed by atoms with Gasteiger partial charge in [0.1, 0.15) is 6.10 Å². The van der Waals surface area contributed by atoms with Gasteiger partial charge < -0.3 is 4.74 Å². The molecule has 0 fully saturated rings. The van der Waals surface area contributed by atoms with Crippen LogP contribution in [0.4, 0.5) is 0 Å². The molecule has 0 radical (unpaired) electrons. The lowest BCUT2D eigenvalue weighted by Crippen LogP contribution is -2.29. The molecule has 0 saturated carbocycles. The van der Waals surface area contributed by atoms with Crippen molar-refractivity contribution in [2.75, 3.05) is 0 Å². The Kier molecular flexibility index (Phi) is 3.03. The molecule has 1 aliphatic carbocycles. The lowest BCUT2D eigenvalue weighted by Gasteiger charge is -2.21. The fourth-order valence-corrected chi connectivity index (χ4v) is 1.61. The minimum absolute atomic E-state index is 0.0558. The molecule has 66 valence electrons.